The highest BCUT2D eigenvalue weighted by atomic mass is 32.1. The monoisotopic (exact) mass is 828 g/mol. The van der Waals surface area contributed by atoms with Gasteiger partial charge in [0.05, 0.1) is 29.6 Å². The van der Waals surface area contributed by atoms with Gasteiger partial charge in [0.1, 0.15) is 27.2 Å². The fourth-order valence-corrected chi connectivity index (χ4v) is 12.6. The molecule has 57 heavy (non-hydrogen) atoms. The zero-order valence-electron chi connectivity index (χ0n) is 35.0. The van der Waals surface area contributed by atoms with Crippen molar-refractivity contribution in [3.8, 4) is 26.4 Å². The molecule has 5 heterocycles. The molecular weight excluding hydrogens is 764 g/mol. The van der Waals surface area contributed by atoms with Crippen LogP contribution in [0.5, 0.6) is 0 Å². The van der Waals surface area contributed by atoms with E-state index < -0.39 is 7.53 Å². The van der Waals surface area contributed by atoms with E-state index in [1.54, 1.807) is 22.7 Å². The van der Waals surface area contributed by atoms with Crippen molar-refractivity contribution in [3.63, 3.8) is 0 Å². The van der Waals surface area contributed by atoms with E-state index in [0.717, 1.165) is 61.8 Å². The Hall–Kier alpha value is -3.46. The average molecular weight is 829 g/mol. The maximum atomic E-state index is 14.5. The Bertz CT molecular complexity index is 2150. The van der Waals surface area contributed by atoms with Gasteiger partial charge < -0.3 is 0 Å². The van der Waals surface area contributed by atoms with Crippen molar-refractivity contribution in [2.24, 2.45) is 14.1 Å². The SMILES string of the molecule is CCCCCCCCCCCC[n+]1cc(-c2cc3c(=O)p(-c4ccccc4)c(=O)c4cc(-c5c[n+](CCCCCCCCCCCC)nn5C)sc4c3s2)n(C)n1. The highest BCUT2D eigenvalue weighted by molar-refractivity contribution is 7.55. The van der Waals surface area contributed by atoms with E-state index in [9.17, 15) is 9.59 Å². The largest absolute Gasteiger partial charge is 0.284 e. The summed E-state index contributed by atoms with van der Waals surface area (Å²) in [5.41, 5.74) is 1.97. The molecule has 0 fully saturated rings. The third kappa shape index (κ3) is 11.4. The van der Waals surface area contributed by atoms with Gasteiger partial charge in [-0.25, -0.2) is 0 Å². The second kappa shape index (κ2) is 22.1. The summed E-state index contributed by atoms with van der Waals surface area (Å²) in [5.74, 6) is 0. The lowest BCUT2D eigenvalue weighted by atomic mass is 10.1. The van der Waals surface area contributed by atoms with Crippen LogP contribution in [0.1, 0.15) is 142 Å². The Morgan fingerprint density at radius 2 is 0.912 bits per heavy atom. The number of hydrogen-bond acceptors (Lipinski definition) is 6. The average Bonchev–Trinajstić information content (AvgIpc) is 4.00. The van der Waals surface area contributed by atoms with Gasteiger partial charge in [-0.3, -0.25) is 9.59 Å². The number of aromatic nitrogens is 6. The molecule has 0 radical (unpaired) electrons. The Labute approximate surface area is 348 Å². The number of unbranched alkanes of at least 4 members (excludes halogenated alkanes) is 18. The van der Waals surface area contributed by atoms with Crippen molar-refractivity contribution in [1.29, 1.82) is 0 Å². The second-order valence-electron chi connectivity index (χ2n) is 15.9. The molecule has 0 atom stereocenters. The normalized spacial score (nSPS) is 11.8. The van der Waals surface area contributed by atoms with Gasteiger partial charge in [-0.05, 0) is 37.8 Å². The molecule has 6 aromatic rings. The molecule has 0 aliphatic carbocycles. The quantitative estimate of drug-likeness (QED) is 0.0425. The topological polar surface area (TPSA) is 77.5 Å². The van der Waals surface area contributed by atoms with Gasteiger partial charge in [0.2, 0.25) is 21.7 Å². The van der Waals surface area contributed by atoms with Gasteiger partial charge in [-0.2, -0.15) is 0 Å². The van der Waals surface area contributed by atoms with Crippen molar-refractivity contribution < 1.29 is 9.36 Å². The molecule has 0 aliphatic rings. The first-order chi connectivity index (χ1) is 27.9. The molecule has 8 nitrogen and oxygen atoms in total. The molecular formula is C46H65N6O2PS2+2. The van der Waals surface area contributed by atoms with Crippen LogP contribution in [0.3, 0.4) is 0 Å². The summed E-state index contributed by atoms with van der Waals surface area (Å²) in [6, 6.07) is 13.7. The first kappa shape index (κ1) is 43.1. The molecule has 5 aromatic heterocycles. The number of nitrogens with zero attached hydrogens (tertiary/aromatic N) is 6. The van der Waals surface area contributed by atoms with Crippen LogP contribution in [0.2, 0.25) is 0 Å². The van der Waals surface area contributed by atoms with E-state index >= 15 is 0 Å². The van der Waals surface area contributed by atoms with Crippen LogP contribution in [-0.2, 0) is 27.2 Å². The van der Waals surface area contributed by atoms with Crippen LogP contribution in [0.15, 0.2) is 64.4 Å². The van der Waals surface area contributed by atoms with Crippen molar-refractivity contribution >= 4 is 50.4 Å². The zero-order valence-corrected chi connectivity index (χ0v) is 37.5. The van der Waals surface area contributed by atoms with E-state index in [2.05, 4.69) is 35.6 Å². The maximum absolute atomic E-state index is 14.5. The van der Waals surface area contributed by atoms with Gasteiger partial charge in [-0.15, -0.1) is 41.4 Å². The minimum atomic E-state index is -1.76. The van der Waals surface area contributed by atoms with Crippen molar-refractivity contribution in [2.75, 3.05) is 0 Å². The molecule has 0 unspecified atom stereocenters. The fourth-order valence-electron chi connectivity index (χ4n) is 7.96. The Kier molecular flexibility index (Phi) is 16.7. The highest BCUT2D eigenvalue weighted by Gasteiger charge is 2.25. The van der Waals surface area contributed by atoms with Gasteiger partial charge >= 0.3 is 0 Å². The summed E-state index contributed by atoms with van der Waals surface area (Å²) in [6.07, 6.45) is 30.4. The second-order valence-corrected chi connectivity index (χ2v) is 20.0. The summed E-state index contributed by atoms with van der Waals surface area (Å²) < 4.78 is 9.74. The standard InChI is InChI=1S/C46H65N6O2PS2/c1-5-7-9-11-13-15-17-19-21-26-30-51-34-39(49(3)47-51)41-32-37-43(56-41)44-38(46(54)55(45(37)53)36-28-24-23-25-29-36)33-42(57-44)40-35-52(48-50(40)4)31-27-22-20-18-16-14-12-10-8-6-2/h23-25,28-29,32-35H,5-22,26-27,30-31H2,1-4H3/q+2. The van der Waals surface area contributed by atoms with Gasteiger partial charge in [0, 0.05) is 23.6 Å². The third-order valence-corrected chi connectivity index (χ3v) is 15.9. The number of thiophene rings is 2. The Morgan fingerprint density at radius 3 is 1.30 bits per heavy atom. The molecule has 0 saturated heterocycles. The van der Waals surface area contributed by atoms with E-state index in [0.29, 0.717) is 10.8 Å². The van der Waals surface area contributed by atoms with Crippen LogP contribution in [0, 0.1) is 0 Å². The number of benzene rings is 1. The van der Waals surface area contributed by atoms with E-state index in [-0.39, 0.29) is 10.3 Å². The van der Waals surface area contributed by atoms with Gasteiger partial charge in [0.25, 0.3) is 0 Å². The summed E-state index contributed by atoms with van der Waals surface area (Å²) in [6.45, 7) is 6.30. The molecule has 0 bridgehead atoms. The number of hydrogen-bond donors (Lipinski definition) is 0. The molecule has 0 saturated carbocycles. The molecule has 0 N–H and O–H groups in total. The molecule has 306 valence electrons. The minimum Gasteiger partial charge on any atom is -0.284 e. The number of rotatable bonds is 25. The van der Waals surface area contributed by atoms with E-state index in [1.165, 1.54) is 116 Å². The molecule has 6 rings (SSSR count). The first-order valence-corrected chi connectivity index (χ1v) is 25.0. The molecule has 0 aliphatic heterocycles. The summed E-state index contributed by atoms with van der Waals surface area (Å²) in [7, 11) is 2.21. The summed E-state index contributed by atoms with van der Waals surface area (Å²) in [5, 5.41) is 11.6. The summed E-state index contributed by atoms with van der Waals surface area (Å²) >= 11 is 3.21. The van der Waals surface area contributed by atoms with Crippen LogP contribution in [0.4, 0.5) is 0 Å². The molecule has 11 heteroatoms. The number of aryl methyl sites for hydroxylation is 4. The maximum Gasteiger partial charge on any atom is 0.213 e. The highest BCUT2D eigenvalue weighted by Crippen LogP contribution is 2.43. The predicted octanol–water partition coefficient (Wildman–Crippen LogP) is 12.0. The Morgan fingerprint density at radius 1 is 0.544 bits per heavy atom. The lowest BCUT2D eigenvalue weighted by Crippen LogP contribution is -2.35. The molecule has 0 spiro atoms. The van der Waals surface area contributed by atoms with Gasteiger partial charge in [0.15, 0.2) is 12.4 Å². The van der Waals surface area contributed by atoms with Crippen molar-refractivity contribution in [1.82, 2.24) is 19.8 Å². The Balaban J connectivity index is 1.21. The van der Waals surface area contributed by atoms with Crippen LogP contribution < -0.4 is 19.7 Å². The summed E-state index contributed by atoms with van der Waals surface area (Å²) in [4.78, 5) is 31.0. The predicted molar refractivity (Wildman–Crippen MR) is 242 cm³/mol. The van der Waals surface area contributed by atoms with E-state index in [1.807, 2.05) is 65.9 Å². The first-order valence-electron chi connectivity index (χ1n) is 22.0. The molecule has 0 amide bonds. The van der Waals surface area contributed by atoms with Crippen LogP contribution >= 0.6 is 30.2 Å². The third-order valence-electron chi connectivity index (χ3n) is 11.3. The van der Waals surface area contributed by atoms with Crippen LogP contribution in [-0.4, -0.2) is 19.8 Å². The van der Waals surface area contributed by atoms with Crippen LogP contribution in [0.25, 0.3) is 46.6 Å². The lowest BCUT2D eigenvalue weighted by Gasteiger charge is -2.01. The zero-order chi connectivity index (χ0) is 40.0. The van der Waals surface area contributed by atoms with Crippen molar-refractivity contribution in [2.45, 2.75) is 155 Å². The van der Waals surface area contributed by atoms with Crippen molar-refractivity contribution in [3.05, 3.63) is 74.8 Å². The minimum absolute atomic E-state index is 0.0704. The van der Waals surface area contributed by atoms with Gasteiger partial charge in [-0.1, -0.05) is 147 Å². The fraction of sp³-hybridized carbons (Fsp3) is 0.565. The lowest BCUT2D eigenvalue weighted by molar-refractivity contribution is -0.755. The van der Waals surface area contributed by atoms with E-state index in [4.69, 9.17) is 10.4 Å². The smallest absolute Gasteiger partial charge is 0.213 e. The molecule has 1 aromatic carbocycles. The number of fused-ring (bicyclic) bond motifs is 3.